The van der Waals surface area contributed by atoms with Gasteiger partial charge in [-0.15, -0.1) is 0 Å². The zero-order chi connectivity index (χ0) is 15.7. The van der Waals surface area contributed by atoms with Gasteiger partial charge in [-0.2, -0.15) is 0 Å². The molecule has 0 aliphatic carbocycles. The predicted octanol–water partition coefficient (Wildman–Crippen LogP) is 2.09. The van der Waals surface area contributed by atoms with Crippen molar-refractivity contribution in [3.63, 3.8) is 0 Å². The average Bonchev–Trinajstić information content (AvgIpc) is 2.44. The SMILES string of the molecule is CCCC[C@@H](COC)NC(=O)C(=O)Nc1cccc(F)c1. The lowest BCUT2D eigenvalue weighted by molar-refractivity contribution is -0.136. The van der Waals surface area contributed by atoms with E-state index in [1.165, 1.54) is 25.3 Å². The summed E-state index contributed by atoms with van der Waals surface area (Å²) in [5.74, 6) is -2.05. The van der Waals surface area contributed by atoms with Gasteiger partial charge in [0.15, 0.2) is 0 Å². The average molecular weight is 296 g/mol. The second-order valence-electron chi connectivity index (χ2n) is 4.73. The number of nitrogens with one attached hydrogen (secondary N) is 2. The first-order valence-electron chi connectivity index (χ1n) is 6.93. The molecule has 0 fully saturated rings. The Bertz CT molecular complexity index is 480. The van der Waals surface area contributed by atoms with Crippen LogP contribution in [0, 0.1) is 5.82 Å². The summed E-state index contributed by atoms with van der Waals surface area (Å²) in [6.07, 6.45) is 2.66. The third-order valence-corrected chi connectivity index (χ3v) is 2.90. The molecule has 5 nitrogen and oxygen atoms in total. The van der Waals surface area contributed by atoms with Crippen LogP contribution >= 0.6 is 0 Å². The summed E-state index contributed by atoms with van der Waals surface area (Å²) in [5, 5.41) is 4.97. The van der Waals surface area contributed by atoms with Gasteiger partial charge in [-0.1, -0.05) is 25.8 Å². The van der Waals surface area contributed by atoms with Crippen LogP contribution in [0.5, 0.6) is 0 Å². The summed E-state index contributed by atoms with van der Waals surface area (Å²) >= 11 is 0. The molecule has 0 unspecified atom stereocenters. The molecule has 0 aromatic heterocycles. The van der Waals surface area contributed by atoms with Crippen molar-refractivity contribution >= 4 is 17.5 Å². The molecule has 0 saturated heterocycles. The second kappa shape index (κ2) is 9.07. The molecule has 0 spiro atoms. The highest BCUT2D eigenvalue weighted by Crippen LogP contribution is 2.09. The number of hydrogen-bond acceptors (Lipinski definition) is 3. The monoisotopic (exact) mass is 296 g/mol. The Kier molecular flexibility index (Phi) is 7.39. The predicted molar refractivity (Wildman–Crippen MR) is 78.4 cm³/mol. The summed E-state index contributed by atoms with van der Waals surface area (Å²) in [6, 6.07) is 5.17. The number of carbonyl (C=O) groups is 2. The van der Waals surface area contributed by atoms with Crippen LogP contribution in [0.3, 0.4) is 0 Å². The first-order chi connectivity index (χ1) is 10.1. The zero-order valence-electron chi connectivity index (χ0n) is 12.3. The van der Waals surface area contributed by atoms with Gasteiger partial charge in [0.05, 0.1) is 12.6 Å². The van der Waals surface area contributed by atoms with Crippen molar-refractivity contribution < 1.29 is 18.7 Å². The van der Waals surface area contributed by atoms with Gasteiger partial charge in [0, 0.05) is 12.8 Å². The molecule has 1 aromatic rings. The first kappa shape index (κ1) is 17.1. The summed E-state index contributed by atoms with van der Waals surface area (Å²) in [5.41, 5.74) is 0.243. The number of hydrogen-bond donors (Lipinski definition) is 2. The van der Waals surface area contributed by atoms with E-state index in [9.17, 15) is 14.0 Å². The molecule has 1 rings (SSSR count). The summed E-state index contributed by atoms with van der Waals surface area (Å²) in [6.45, 7) is 2.39. The van der Waals surface area contributed by atoms with Crippen molar-refractivity contribution in [2.75, 3.05) is 19.0 Å². The van der Waals surface area contributed by atoms with E-state index in [0.29, 0.717) is 6.61 Å². The molecule has 2 amide bonds. The lowest BCUT2D eigenvalue weighted by Gasteiger charge is -2.17. The molecule has 0 bridgehead atoms. The maximum Gasteiger partial charge on any atom is 0.313 e. The summed E-state index contributed by atoms with van der Waals surface area (Å²) < 4.78 is 18.0. The normalized spacial score (nSPS) is 11.8. The lowest BCUT2D eigenvalue weighted by atomic mass is 10.1. The molecule has 0 saturated carbocycles. The van der Waals surface area contributed by atoms with Gasteiger partial charge >= 0.3 is 11.8 Å². The highest BCUT2D eigenvalue weighted by atomic mass is 19.1. The number of amides is 2. The van der Waals surface area contributed by atoms with Crippen LogP contribution in [0.15, 0.2) is 24.3 Å². The fourth-order valence-corrected chi connectivity index (χ4v) is 1.85. The number of carbonyl (C=O) groups excluding carboxylic acids is 2. The van der Waals surface area contributed by atoms with Gasteiger partial charge in [-0.05, 0) is 24.6 Å². The van der Waals surface area contributed by atoms with Crippen LogP contribution in [0.1, 0.15) is 26.2 Å². The number of rotatable bonds is 7. The minimum Gasteiger partial charge on any atom is -0.383 e. The van der Waals surface area contributed by atoms with Crippen molar-refractivity contribution in [2.24, 2.45) is 0 Å². The van der Waals surface area contributed by atoms with Gasteiger partial charge in [-0.3, -0.25) is 9.59 Å². The highest BCUT2D eigenvalue weighted by Gasteiger charge is 2.18. The Balaban J connectivity index is 2.54. The third kappa shape index (κ3) is 6.35. The summed E-state index contributed by atoms with van der Waals surface area (Å²) in [7, 11) is 1.54. The minimum atomic E-state index is -0.821. The van der Waals surface area contributed by atoms with E-state index < -0.39 is 17.6 Å². The van der Waals surface area contributed by atoms with Crippen LogP contribution in [0.4, 0.5) is 10.1 Å². The molecule has 2 N–H and O–H groups in total. The Morgan fingerprint density at radius 1 is 1.33 bits per heavy atom. The van der Waals surface area contributed by atoms with E-state index >= 15 is 0 Å². The number of anilines is 1. The minimum absolute atomic E-state index is 0.208. The topological polar surface area (TPSA) is 67.4 Å². The Morgan fingerprint density at radius 2 is 2.10 bits per heavy atom. The number of benzene rings is 1. The zero-order valence-corrected chi connectivity index (χ0v) is 12.3. The third-order valence-electron chi connectivity index (χ3n) is 2.90. The smallest absolute Gasteiger partial charge is 0.313 e. The highest BCUT2D eigenvalue weighted by molar-refractivity contribution is 6.39. The van der Waals surface area contributed by atoms with Crippen LogP contribution in [-0.2, 0) is 14.3 Å². The lowest BCUT2D eigenvalue weighted by Crippen LogP contribution is -2.43. The van der Waals surface area contributed by atoms with Gasteiger partial charge in [-0.25, -0.2) is 4.39 Å². The second-order valence-corrected chi connectivity index (χ2v) is 4.73. The van der Waals surface area contributed by atoms with Crippen molar-refractivity contribution in [1.29, 1.82) is 0 Å². The maximum atomic E-state index is 13.0. The van der Waals surface area contributed by atoms with E-state index in [4.69, 9.17) is 4.74 Å². The Labute approximate surface area is 123 Å². The van der Waals surface area contributed by atoms with E-state index in [1.54, 1.807) is 0 Å². The molecule has 0 aliphatic rings. The van der Waals surface area contributed by atoms with Gasteiger partial charge in [0.1, 0.15) is 5.82 Å². The molecule has 1 atom stereocenters. The van der Waals surface area contributed by atoms with Gasteiger partial charge in [0.2, 0.25) is 0 Å². The molecule has 0 radical (unpaired) electrons. The number of halogens is 1. The Hall–Kier alpha value is -1.95. The number of methoxy groups -OCH3 is 1. The molecule has 0 aliphatic heterocycles. The van der Waals surface area contributed by atoms with Crippen LogP contribution in [-0.4, -0.2) is 31.6 Å². The van der Waals surface area contributed by atoms with Crippen LogP contribution < -0.4 is 10.6 Å². The molecule has 6 heteroatoms. The van der Waals surface area contributed by atoms with E-state index in [1.807, 2.05) is 6.92 Å². The molecular weight excluding hydrogens is 275 g/mol. The maximum absolute atomic E-state index is 13.0. The van der Waals surface area contributed by atoms with Crippen molar-refractivity contribution in [3.05, 3.63) is 30.1 Å². The van der Waals surface area contributed by atoms with Crippen molar-refractivity contribution in [1.82, 2.24) is 5.32 Å². The van der Waals surface area contributed by atoms with Gasteiger partial charge < -0.3 is 15.4 Å². The first-order valence-corrected chi connectivity index (χ1v) is 6.93. The Morgan fingerprint density at radius 3 is 2.71 bits per heavy atom. The van der Waals surface area contributed by atoms with Crippen LogP contribution in [0.2, 0.25) is 0 Å². The molecule has 0 heterocycles. The fraction of sp³-hybridized carbons (Fsp3) is 0.467. The largest absolute Gasteiger partial charge is 0.383 e. The molecule has 1 aromatic carbocycles. The van der Waals surface area contributed by atoms with Crippen molar-refractivity contribution in [3.8, 4) is 0 Å². The van der Waals surface area contributed by atoms with E-state index in [0.717, 1.165) is 25.3 Å². The van der Waals surface area contributed by atoms with E-state index in [-0.39, 0.29) is 11.7 Å². The molecule has 21 heavy (non-hydrogen) atoms. The van der Waals surface area contributed by atoms with E-state index in [2.05, 4.69) is 10.6 Å². The van der Waals surface area contributed by atoms with Gasteiger partial charge in [0.25, 0.3) is 0 Å². The quantitative estimate of drug-likeness (QED) is 0.757. The van der Waals surface area contributed by atoms with Crippen molar-refractivity contribution in [2.45, 2.75) is 32.2 Å². The molecule has 116 valence electrons. The number of unbranched alkanes of at least 4 members (excludes halogenated alkanes) is 1. The summed E-state index contributed by atoms with van der Waals surface area (Å²) in [4.78, 5) is 23.6. The van der Waals surface area contributed by atoms with Crippen LogP contribution in [0.25, 0.3) is 0 Å². The molecular formula is C15H21FN2O3. The standard InChI is InChI=1S/C15H21FN2O3/c1-3-4-7-13(10-21-2)18-15(20)14(19)17-12-8-5-6-11(16)9-12/h5-6,8-9,13H,3-4,7,10H2,1-2H3,(H,17,19)(H,18,20)/t13-/m0/s1. The fourth-order valence-electron chi connectivity index (χ4n) is 1.85. The number of ether oxygens (including phenoxy) is 1.